The molecule has 0 aromatic carbocycles. The Labute approximate surface area is 70.4 Å². The number of thiazole rings is 1. The number of anilines is 1. The SMILES string of the molecule is CCNc1ncc(COC)s1. The summed E-state index contributed by atoms with van der Waals surface area (Å²) >= 11 is 1.63. The van der Waals surface area contributed by atoms with Gasteiger partial charge in [0.15, 0.2) is 5.13 Å². The van der Waals surface area contributed by atoms with E-state index in [9.17, 15) is 0 Å². The second-order valence-corrected chi connectivity index (χ2v) is 3.21. The molecule has 11 heavy (non-hydrogen) atoms. The van der Waals surface area contributed by atoms with Crippen LogP contribution >= 0.6 is 11.3 Å². The number of rotatable bonds is 4. The van der Waals surface area contributed by atoms with Crippen LogP contribution in [0.4, 0.5) is 5.13 Å². The van der Waals surface area contributed by atoms with Gasteiger partial charge in [-0.1, -0.05) is 11.3 Å². The summed E-state index contributed by atoms with van der Waals surface area (Å²) in [6.07, 6.45) is 1.84. The van der Waals surface area contributed by atoms with Crippen molar-refractivity contribution >= 4 is 16.5 Å². The van der Waals surface area contributed by atoms with Crippen LogP contribution in [-0.2, 0) is 11.3 Å². The van der Waals surface area contributed by atoms with Gasteiger partial charge in [-0.05, 0) is 6.92 Å². The number of nitrogens with zero attached hydrogens (tertiary/aromatic N) is 1. The first kappa shape index (κ1) is 8.49. The highest BCUT2D eigenvalue weighted by Crippen LogP contribution is 2.17. The minimum atomic E-state index is 0.656. The van der Waals surface area contributed by atoms with E-state index in [0.717, 1.165) is 16.6 Å². The predicted octanol–water partition coefficient (Wildman–Crippen LogP) is 1.72. The second kappa shape index (κ2) is 4.31. The minimum absolute atomic E-state index is 0.656. The van der Waals surface area contributed by atoms with Crippen molar-refractivity contribution in [2.24, 2.45) is 0 Å². The summed E-state index contributed by atoms with van der Waals surface area (Å²) in [6, 6.07) is 0. The smallest absolute Gasteiger partial charge is 0.182 e. The molecule has 0 aliphatic heterocycles. The van der Waals surface area contributed by atoms with Crippen molar-refractivity contribution in [1.29, 1.82) is 0 Å². The summed E-state index contributed by atoms with van der Waals surface area (Å²) in [5.41, 5.74) is 0. The molecule has 0 saturated carbocycles. The van der Waals surface area contributed by atoms with E-state index in [1.807, 2.05) is 6.20 Å². The fourth-order valence-electron chi connectivity index (χ4n) is 0.749. The van der Waals surface area contributed by atoms with Crippen LogP contribution in [0.15, 0.2) is 6.20 Å². The van der Waals surface area contributed by atoms with Crippen LogP contribution < -0.4 is 5.32 Å². The van der Waals surface area contributed by atoms with Gasteiger partial charge in [0, 0.05) is 19.9 Å². The summed E-state index contributed by atoms with van der Waals surface area (Å²) in [4.78, 5) is 5.31. The molecule has 0 bridgehead atoms. The van der Waals surface area contributed by atoms with Crippen LogP contribution in [0, 0.1) is 0 Å². The number of nitrogens with one attached hydrogen (secondary N) is 1. The Morgan fingerprint density at radius 1 is 1.73 bits per heavy atom. The van der Waals surface area contributed by atoms with Gasteiger partial charge in [0.05, 0.1) is 11.5 Å². The van der Waals surface area contributed by atoms with Crippen molar-refractivity contribution in [2.75, 3.05) is 19.0 Å². The molecular formula is C7H12N2OS. The van der Waals surface area contributed by atoms with Gasteiger partial charge in [-0.2, -0.15) is 0 Å². The standard InChI is InChI=1S/C7H12N2OS/c1-3-8-7-9-4-6(11-7)5-10-2/h4H,3,5H2,1-2H3,(H,8,9). The van der Waals surface area contributed by atoms with Crippen molar-refractivity contribution in [2.45, 2.75) is 13.5 Å². The van der Waals surface area contributed by atoms with Crippen molar-refractivity contribution in [3.05, 3.63) is 11.1 Å². The fourth-order valence-corrected chi connectivity index (χ4v) is 1.60. The Hall–Kier alpha value is -0.610. The molecule has 0 fully saturated rings. The van der Waals surface area contributed by atoms with Crippen LogP contribution in [0.25, 0.3) is 0 Å². The summed E-state index contributed by atoms with van der Waals surface area (Å²) < 4.78 is 4.96. The molecule has 1 N–H and O–H groups in total. The molecule has 0 saturated heterocycles. The van der Waals surface area contributed by atoms with Gasteiger partial charge >= 0.3 is 0 Å². The monoisotopic (exact) mass is 172 g/mol. The lowest BCUT2D eigenvalue weighted by Gasteiger charge is -1.93. The van der Waals surface area contributed by atoms with E-state index in [1.54, 1.807) is 18.4 Å². The molecule has 1 aromatic heterocycles. The summed E-state index contributed by atoms with van der Waals surface area (Å²) in [5.74, 6) is 0. The lowest BCUT2D eigenvalue weighted by Crippen LogP contribution is -1.94. The lowest BCUT2D eigenvalue weighted by atomic mass is 10.6. The first-order valence-corrected chi connectivity index (χ1v) is 4.36. The molecule has 0 aliphatic rings. The van der Waals surface area contributed by atoms with E-state index in [2.05, 4.69) is 17.2 Å². The molecule has 0 atom stereocenters. The van der Waals surface area contributed by atoms with Gasteiger partial charge in [0.1, 0.15) is 0 Å². The topological polar surface area (TPSA) is 34.2 Å². The van der Waals surface area contributed by atoms with E-state index in [-0.39, 0.29) is 0 Å². The molecule has 0 aliphatic carbocycles. The van der Waals surface area contributed by atoms with E-state index in [4.69, 9.17) is 4.74 Å². The normalized spacial score (nSPS) is 10.0. The summed E-state index contributed by atoms with van der Waals surface area (Å²) in [7, 11) is 1.69. The van der Waals surface area contributed by atoms with Crippen LogP contribution in [0.1, 0.15) is 11.8 Å². The first-order chi connectivity index (χ1) is 5.36. The molecular weight excluding hydrogens is 160 g/mol. The number of aromatic nitrogens is 1. The number of hydrogen-bond donors (Lipinski definition) is 1. The van der Waals surface area contributed by atoms with E-state index in [1.165, 1.54) is 0 Å². The molecule has 0 radical (unpaired) electrons. The zero-order valence-corrected chi connectivity index (χ0v) is 7.57. The Balaban J connectivity index is 2.51. The quantitative estimate of drug-likeness (QED) is 0.751. The van der Waals surface area contributed by atoms with Gasteiger partial charge in [-0.3, -0.25) is 0 Å². The van der Waals surface area contributed by atoms with Crippen LogP contribution in [0.2, 0.25) is 0 Å². The van der Waals surface area contributed by atoms with E-state index < -0.39 is 0 Å². The van der Waals surface area contributed by atoms with Crippen molar-refractivity contribution in [3.63, 3.8) is 0 Å². The maximum Gasteiger partial charge on any atom is 0.182 e. The maximum atomic E-state index is 4.96. The Bertz CT molecular complexity index is 191. The third kappa shape index (κ3) is 2.48. The molecule has 4 heteroatoms. The summed E-state index contributed by atoms with van der Waals surface area (Å²) in [5, 5.41) is 4.11. The van der Waals surface area contributed by atoms with Gasteiger partial charge in [0.25, 0.3) is 0 Å². The molecule has 0 unspecified atom stereocenters. The molecule has 1 aromatic rings. The molecule has 1 heterocycles. The van der Waals surface area contributed by atoms with Gasteiger partial charge < -0.3 is 10.1 Å². The Morgan fingerprint density at radius 2 is 2.55 bits per heavy atom. The van der Waals surface area contributed by atoms with E-state index in [0.29, 0.717) is 6.61 Å². The fraction of sp³-hybridized carbons (Fsp3) is 0.571. The van der Waals surface area contributed by atoms with Crippen molar-refractivity contribution < 1.29 is 4.74 Å². The molecule has 1 rings (SSSR count). The highest BCUT2D eigenvalue weighted by Gasteiger charge is 1.98. The van der Waals surface area contributed by atoms with Crippen LogP contribution in [0.5, 0.6) is 0 Å². The largest absolute Gasteiger partial charge is 0.379 e. The zero-order valence-electron chi connectivity index (χ0n) is 6.76. The third-order valence-corrected chi connectivity index (χ3v) is 2.10. The molecule has 0 amide bonds. The average Bonchev–Trinajstić information content (AvgIpc) is 2.38. The predicted molar refractivity (Wildman–Crippen MR) is 47.0 cm³/mol. The van der Waals surface area contributed by atoms with Gasteiger partial charge in [-0.15, -0.1) is 0 Å². The molecule has 3 nitrogen and oxygen atoms in total. The van der Waals surface area contributed by atoms with Gasteiger partial charge in [-0.25, -0.2) is 4.98 Å². The Morgan fingerprint density at radius 3 is 3.18 bits per heavy atom. The number of ether oxygens (including phenoxy) is 1. The number of methoxy groups -OCH3 is 1. The maximum absolute atomic E-state index is 4.96. The molecule has 62 valence electrons. The Kier molecular flexibility index (Phi) is 3.32. The third-order valence-electron chi connectivity index (χ3n) is 1.17. The second-order valence-electron chi connectivity index (χ2n) is 2.10. The summed E-state index contributed by atoms with van der Waals surface area (Å²) in [6.45, 7) is 3.63. The van der Waals surface area contributed by atoms with Crippen LogP contribution in [0.3, 0.4) is 0 Å². The van der Waals surface area contributed by atoms with E-state index >= 15 is 0 Å². The highest BCUT2D eigenvalue weighted by atomic mass is 32.1. The van der Waals surface area contributed by atoms with Crippen LogP contribution in [-0.4, -0.2) is 18.6 Å². The first-order valence-electron chi connectivity index (χ1n) is 3.54. The molecule has 0 spiro atoms. The van der Waals surface area contributed by atoms with Crippen molar-refractivity contribution in [3.8, 4) is 0 Å². The lowest BCUT2D eigenvalue weighted by molar-refractivity contribution is 0.187. The van der Waals surface area contributed by atoms with Gasteiger partial charge in [0.2, 0.25) is 0 Å². The minimum Gasteiger partial charge on any atom is -0.379 e. The average molecular weight is 172 g/mol. The van der Waals surface area contributed by atoms with Crippen molar-refractivity contribution in [1.82, 2.24) is 4.98 Å². The number of hydrogen-bond acceptors (Lipinski definition) is 4. The highest BCUT2D eigenvalue weighted by molar-refractivity contribution is 7.15. The zero-order chi connectivity index (χ0) is 8.10.